The molecule has 1 N–H and O–H groups in total. The predicted octanol–water partition coefficient (Wildman–Crippen LogP) is 1.61. The molecule has 0 unspecified atom stereocenters. The second kappa shape index (κ2) is 11.1. The van der Waals surface area contributed by atoms with Gasteiger partial charge in [-0.1, -0.05) is 32.0 Å². The van der Waals surface area contributed by atoms with Gasteiger partial charge in [-0.15, -0.1) is 0 Å². The molecular weight excluding hydrogens is 456 g/mol. The number of nitriles is 1. The third-order valence-electron chi connectivity index (χ3n) is 5.53. The minimum absolute atomic E-state index is 0.108. The standard InChI is InChI=1S/C24H28N4O5S/c1-18(2)23(26-22(29)17-33-20-6-4-3-5-7-20)24(30)27-12-14-28(15-13-27)34(31,32)21-10-8-19(16-25)9-11-21/h3-11,18,23H,12-15,17H2,1-2H3,(H,26,29)/t23-/m0/s1. The quantitative estimate of drug-likeness (QED) is 0.608. The molecule has 2 amide bonds. The number of ether oxygens (including phenoxy) is 1. The molecule has 2 aromatic carbocycles. The van der Waals surface area contributed by atoms with Crippen molar-refractivity contribution in [3.63, 3.8) is 0 Å². The Kier molecular flexibility index (Phi) is 8.26. The normalized spacial score (nSPS) is 15.4. The van der Waals surface area contributed by atoms with E-state index in [1.165, 1.54) is 28.6 Å². The Morgan fingerprint density at radius 2 is 1.65 bits per heavy atom. The van der Waals surface area contributed by atoms with Gasteiger partial charge in [0.1, 0.15) is 11.8 Å². The molecule has 0 aliphatic carbocycles. The summed E-state index contributed by atoms with van der Waals surface area (Å²) in [7, 11) is -3.73. The van der Waals surface area contributed by atoms with Crippen LogP contribution in [0.15, 0.2) is 59.5 Å². The number of para-hydroxylation sites is 1. The van der Waals surface area contributed by atoms with E-state index in [1.807, 2.05) is 26.0 Å². The van der Waals surface area contributed by atoms with Crippen molar-refractivity contribution < 1.29 is 22.7 Å². The molecule has 9 nitrogen and oxygen atoms in total. The molecule has 10 heteroatoms. The van der Waals surface area contributed by atoms with Crippen LogP contribution in [0.3, 0.4) is 0 Å². The molecule has 0 radical (unpaired) electrons. The first-order valence-corrected chi connectivity index (χ1v) is 12.4. The monoisotopic (exact) mass is 484 g/mol. The van der Waals surface area contributed by atoms with Crippen LogP contribution >= 0.6 is 0 Å². The lowest BCUT2D eigenvalue weighted by Crippen LogP contribution is -2.57. The van der Waals surface area contributed by atoms with Gasteiger partial charge in [-0.3, -0.25) is 9.59 Å². The Labute approximate surface area is 200 Å². The average Bonchev–Trinajstić information content (AvgIpc) is 2.86. The van der Waals surface area contributed by atoms with Crippen molar-refractivity contribution >= 4 is 21.8 Å². The van der Waals surface area contributed by atoms with Gasteiger partial charge >= 0.3 is 0 Å². The van der Waals surface area contributed by atoms with Gasteiger partial charge in [-0.25, -0.2) is 8.42 Å². The number of hydrogen-bond acceptors (Lipinski definition) is 6. The molecule has 180 valence electrons. The summed E-state index contributed by atoms with van der Waals surface area (Å²) in [5.41, 5.74) is 0.380. The summed E-state index contributed by atoms with van der Waals surface area (Å²) in [5.74, 6) is -0.255. The van der Waals surface area contributed by atoms with Crippen LogP contribution in [0, 0.1) is 17.2 Å². The maximum absolute atomic E-state index is 13.1. The molecule has 0 saturated carbocycles. The van der Waals surface area contributed by atoms with Crippen LogP contribution in [-0.4, -0.2) is 68.3 Å². The van der Waals surface area contributed by atoms with E-state index in [0.29, 0.717) is 11.3 Å². The Morgan fingerprint density at radius 1 is 1.03 bits per heavy atom. The fraction of sp³-hybridized carbons (Fsp3) is 0.375. The molecule has 1 aliphatic rings. The molecule has 1 fully saturated rings. The zero-order chi connectivity index (χ0) is 24.7. The van der Waals surface area contributed by atoms with E-state index in [0.717, 1.165) is 0 Å². The van der Waals surface area contributed by atoms with E-state index < -0.39 is 22.0 Å². The fourth-order valence-electron chi connectivity index (χ4n) is 3.59. The van der Waals surface area contributed by atoms with Gasteiger partial charge in [0, 0.05) is 26.2 Å². The predicted molar refractivity (Wildman–Crippen MR) is 125 cm³/mol. The van der Waals surface area contributed by atoms with Gasteiger partial charge in [0.25, 0.3) is 5.91 Å². The highest BCUT2D eigenvalue weighted by atomic mass is 32.2. The van der Waals surface area contributed by atoms with Crippen molar-refractivity contribution in [2.45, 2.75) is 24.8 Å². The van der Waals surface area contributed by atoms with Crippen LogP contribution < -0.4 is 10.1 Å². The van der Waals surface area contributed by atoms with Gasteiger partial charge in [-0.05, 0) is 42.3 Å². The van der Waals surface area contributed by atoms with Crippen LogP contribution in [0.1, 0.15) is 19.4 Å². The third kappa shape index (κ3) is 6.12. The molecular formula is C24H28N4O5S. The van der Waals surface area contributed by atoms with Crippen LogP contribution in [0.2, 0.25) is 0 Å². The summed E-state index contributed by atoms with van der Waals surface area (Å²) in [6, 6.07) is 15.9. The molecule has 0 spiro atoms. The number of nitrogens with zero attached hydrogens (tertiary/aromatic N) is 3. The second-order valence-electron chi connectivity index (χ2n) is 8.26. The van der Waals surface area contributed by atoms with Crippen LogP contribution in [0.25, 0.3) is 0 Å². The lowest BCUT2D eigenvalue weighted by molar-refractivity contribution is -0.139. The zero-order valence-corrected chi connectivity index (χ0v) is 20.0. The fourth-order valence-corrected chi connectivity index (χ4v) is 5.01. The van der Waals surface area contributed by atoms with Crippen LogP contribution in [0.4, 0.5) is 0 Å². The van der Waals surface area contributed by atoms with E-state index in [1.54, 1.807) is 29.2 Å². The minimum Gasteiger partial charge on any atom is -0.484 e. The van der Waals surface area contributed by atoms with Crippen LogP contribution in [0.5, 0.6) is 5.75 Å². The molecule has 1 aliphatic heterocycles. The summed E-state index contributed by atoms with van der Waals surface area (Å²) in [6.07, 6.45) is 0. The molecule has 34 heavy (non-hydrogen) atoms. The number of benzene rings is 2. The number of amides is 2. The van der Waals surface area contributed by atoms with Crippen molar-refractivity contribution in [2.75, 3.05) is 32.8 Å². The van der Waals surface area contributed by atoms with E-state index in [9.17, 15) is 18.0 Å². The Morgan fingerprint density at radius 3 is 2.21 bits per heavy atom. The SMILES string of the molecule is CC(C)[C@H](NC(=O)COc1ccccc1)C(=O)N1CCN(S(=O)(=O)c2ccc(C#N)cc2)CC1. The van der Waals surface area contributed by atoms with Gasteiger partial charge in [0.15, 0.2) is 6.61 Å². The van der Waals surface area contributed by atoms with Gasteiger partial charge in [0.2, 0.25) is 15.9 Å². The van der Waals surface area contributed by atoms with Crippen molar-refractivity contribution in [1.82, 2.24) is 14.5 Å². The summed E-state index contributed by atoms with van der Waals surface area (Å²) in [5, 5.41) is 11.6. The largest absolute Gasteiger partial charge is 0.484 e. The first-order chi connectivity index (χ1) is 16.2. The van der Waals surface area contributed by atoms with Crippen molar-refractivity contribution in [3.8, 4) is 11.8 Å². The maximum atomic E-state index is 13.1. The lowest BCUT2D eigenvalue weighted by atomic mass is 10.0. The van der Waals surface area contributed by atoms with E-state index in [2.05, 4.69) is 5.32 Å². The molecule has 1 atom stereocenters. The second-order valence-corrected chi connectivity index (χ2v) is 10.2. The molecule has 3 rings (SSSR count). The Balaban J connectivity index is 1.57. The molecule has 1 heterocycles. The topological polar surface area (TPSA) is 120 Å². The van der Waals surface area contributed by atoms with Crippen LogP contribution in [-0.2, 0) is 19.6 Å². The average molecular weight is 485 g/mol. The van der Waals surface area contributed by atoms with Crippen molar-refractivity contribution in [3.05, 3.63) is 60.2 Å². The smallest absolute Gasteiger partial charge is 0.258 e. The maximum Gasteiger partial charge on any atom is 0.258 e. The summed E-state index contributed by atoms with van der Waals surface area (Å²) in [4.78, 5) is 27.2. The first-order valence-electron chi connectivity index (χ1n) is 11.0. The minimum atomic E-state index is -3.73. The Hall–Kier alpha value is -3.42. The molecule has 1 saturated heterocycles. The van der Waals surface area contributed by atoms with Crippen molar-refractivity contribution in [2.24, 2.45) is 5.92 Å². The molecule has 0 aromatic heterocycles. The number of hydrogen-bond donors (Lipinski definition) is 1. The number of piperazine rings is 1. The molecule has 2 aromatic rings. The number of carbonyl (C=O) groups excluding carboxylic acids is 2. The highest BCUT2D eigenvalue weighted by Crippen LogP contribution is 2.19. The summed E-state index contributed by atoms with van der Waals surface area (Å²) >= 11 is 0. The summed E-state index contributed by atoms with van der Waals surface area (Å²) < 4.78 is 32.6. The summed E-state index contributed by atoms with van der Waals surface area (Å²) in [6.45, 7) is 4.19. The lowest BCUT2D eigenvalue weighted by Gasteiger charge is -2.36. The van der Waals surface area contributed by atoms with Crippen molar-refractivity contribution in [1.29, 1.82) is 5.26 Å². The van der Waals surface area contributed by atoms with E-state index in [4.69, 9.17) is 10.00 Å². The number of nitrogens with one attached hydrogen (secondary N) is 1. The van der Waals surface area contributed by atoms with Gasteiger partial charge in [-0.2, -0.15) is 9.57 Å². The van der Waals surface area contributed by atoms with E-state index >= 15 is 0 Å². The van der Waals surface area contributed by atoms with Gasteiger partial charge in [0.05, 0.1) is 16.5 Å². The zero-order valence-electron chi connectivity index (χ0n) is 19.2. The number of rotatable bonds is 8. The highest BCUT2D eigenvalue weighted by Gasteiger charge is 2.34. The van der Waals surface area contributed by atoms with E-state index in [-0.39, 0.29) is 49.5 Å². The number of carbonyl (C=O) groups is 2. The number of sulfonamides is 1. The van der Waals surface area contributed by atoms with Gasteiger partial charge < -0.3 is 15.0 Å². The Bertz CT molecular complexity index is 1140. The first kappa shape index (κ1) is 25.2. The molecule has 0 bridgehead atoms. The third-order valence-corrected chi connectivity index (χ3v) is 7.45. The highest BCUT2D eigenvalue weighted by molar-refractivity contribution is 7.89.